The summed E-state index contributed by atoms with van der Waals surface area (Å²) in [6.45, 7) is 1.46. The average Bonchev–Trinajstić information content (AvgIpc) is 2.72. The van der Waals surface area contributed by atoms with Crippen LogP contribution in [0, 0.1) is 0 Å². The first-order valence-corrected chi connectivity index (χ1v) is 9.32. The van der Waals surface area contributed by atoms with Crippen molar-refractivity contribution in [2.75, 3.05) is 13.6 Å². The number of hydrogen-bond donors (Lipinski definition) is 2. The first-order chi connectivity index (χ1) is 13.3. The molecular weight excluding hydrogens is 483 g/mol. The van der Waals surface area contributed by atoms with Gasteiger partial charge in [0.2, 0.25) is 0 Å². The van der Waals surface area contributed by atoms with Gasteiger partial charge >= 0.3 is 0 Å². The van der Waals surface area contributed by atoms with Crippen LogP contribution in [0.4, 0.5) is 0 Å². The Labute approximate surface area is 188 Å². The Morgan fingerprint density at radius 1 is 0.964 bits per heavy atom. The van der Waals surface area contributed by atoms with Gasteiger partial charge in [-0.1, -0.05) is 54.1 Å². The third-order valence-electron chi connectivity index (χ3n) is 4.24. The number of nitrogens with zero attached hydrogens (tertiary/aromatic N) is 2. The number of halogens is 2. The predicted octanol–water partition coefficient (Wildman–Crippen LogP) is 4.93. The van der Waals surface area contributed by atoms with Gasteiger partial charge in [0.05, 0.1) is 0 Å². The van der Waals surface area contributed by atoms with Gasteiger partial charge in [0, 0.05) is 43.5 Å². The molecule has 1 heterocycles. The molecule has 3 aromatic rings. The molecular formula is C22H24ClIN4. The Balaban J connectivity index is 0.00000280. The molecule has 146 valence electrons. The van der Waals surface area contributed by atoms with Crippen LogP contribution in [-0.2, 0) is 13.0 Å². The van der Waals surface area contributed by atoms with Gasteiger partial charge < -0.3 is 10.6 Å². The second-order valence-corrected chi connectivity index (χ2v) is 6.52. The maximum atomic E-state index is 6.01. The highest BCUT2D eigenvalue weighted by atomic mass is 127. The lowest BCUT2D eigenvalue weighted by molar-refractivity contribution is 0.785. The van der Waals surface area contributed by atoms with Crippen LogP contribution in [0.15, 0.2) is 77.9 Å². The normalized spacial score (nSPS) is 10.9. The van der Waals surface area contributed by atoms with Crippen LogP contribution in [0.5, 0.6) is 0 Å². The minimum absolute atomic E-state index is 0. The molecule has 0 unspecified atom stereocenters. The molecule has 0 saturated carbocycles. The Morgan fingerprint density at radius 2 is 1.71 bits per heavy atom. The van der Waals surface area contributed by atoms with Gasteiger partial charge in [-0.3, -0.25) is 9.98 Å². The van der Waals surface area contributed by atoms with E-state index >= 15 is 0 Å². The van der Waals surface area contributed by atoms with E-state index in [0.717, 1.165) is 35.2 Å². The summed E-state index contributed by atoms with van der Waals surface area (Å²) in [4.78, 5) is 8.64. The Bertz CT molecular complexity index is 883. The summed E-state index contributed by atoms with van der Waals surface area (Å²) in [7, 11) is 1.78. The van der Waals surface area contributed by atoms with E-state index in [1.807, 2.05) is 60.8 Å². The number of hydrogen-bond acceptors (Lipinski definition) is 2. The molecule has 2 N–H and O–H groups in total. The molecule has 0 aliphatic rings. The van der Waals surface area contributed by atoms with Crippen LogP contribution in [0.1, 0.15) is 11.3 Å². The quantitative estimate of drug-likeness (QED) is 0.283. The lowest BCUT2D eigenvalue weighted by Crippen LogP contribution is -2.38. The lowest BCUT2D eigenvalue weighted by Gasteiger charge is -2.14. The first-order valence-electron chi connectivity index (χ1n) is 8.94. The zero-order chi connectivity index (χ0) is 18.9. The summed E-state index contributed by atoms with van der Waals surface area (Å²) >= 11 is 6.01. The summed E-state index contributed by atoms with van der Waals surface area (Å²) in [5.74, 6) is 0.775. The minimum Gasteiger partial charge on any atom is -0.356 e. The van der Waals surface area contributed by atoms with Gasteiger partial charge in [-0.15, -0.1) is 24.0 Å². The maximum absolute atomic E-state index is 6.01. The van der Waals surface area contributed by atoms with E-state index in [1.165, 1.54) is 11.1 Å². The van der Waals surface area contributed by atoms with Crippen molar-refractivity contribution >= 4 is 41.5 Å². The van der Waals surface area contributed by atoms with Gasteiger partial charge in [-0.25, -0.2) is 0 Å². The second-order valence-electron chi connectivity index (χ2n) is 6.09. The zero-order valence-corrected chi connectivity index (χ0v) is 18.8. The van der Waals surface area contributed by atoms with E-state index in [2.05, 4.69) is 32.7 Å². The standard InChI is InChI=1S/C22H23ClN4.HI/c1-24-22(26-15-13-20-7-4-5-14-25-20)27-16-18-6-2-3-8-21(18)17-9-11-19(23)12-10-17;/h2-12,14H,13,15-16H2,1H3,(H2,24,26,27);1H. The number of rotatable bonds is 6. The average molecular weight is 507 g/mol. The molecule has 0 saturated heterocycles. The highest BCUT2D eigenvalue weighted by Gasteiger charge is 2.06. The van der Waals surface area contributed by atoms with Gasteiger partial charge in [-0.2, -0.15) is 0 Å². The first kappa shape index (κ1) is 22.2. The summed E-state index contributed by atoms with van der Waals surface area (Å²) in [5.41, 5.74) is 4.60. The van der Waals surface area contributed by atoms with Crippen LogP contribution >= 0.6 is 35.6 Å². The number of nitrogens with one attached hydrogen (secondary N) is 2. The van der Waals surface area contributed by atoms with Crippen molar-refractivity contribution in [3.05, 3.63) is 89.2 Å². The topological polar surface area (TPSA) is 49.3 Å². The molecule has 0 amide bonds. The molecule has 0 aliphatic carbocycles. The monoisotopic (exact) mass is 506 g/mol. The third kappa shape index (κ3) is 6.49. The largest absolute Gasteiger partial charge is 0.356 e. The summed E-state index contributed by atoms with van der Waals surface area (Å²) in [5, 5.41) is 7.46. The van der Waals surface area contributed by atoms with Crippen molar-refractivity contribution in [1.82, 2.24) is 15.6 Å². The molecule has 3 rings (SSSR count). The fourth-order valence-electron chi connectivity index (χ4n) is 2.84. The number of aromatic nitrogens is 1. The summed E-state index contributed by atoms with van der Waals surface area (Å²) < 4.78 is 0. The van der Waals surface area contributed by atoms with Gasteiger partial charge in [0.25, 0.3) is 0 Å². The number of pyridine rings is 1. The highest BCUT2D eigenvalue weighted by Crippen LogP contribution is 2.25. The SMILES string of the molecule is CN=C(NCCc1ccccn1)NCc1ccccc1-c1ccc(Cl)cc1.I. The van der Waals surface area contributed by atoms with Gasteiger partial charge in [0.1, 0.15) is 0 Å². The van der Waals surface area contributed by atoms with E-state index in [0.29, 0.717) is 6.54 Å². The van der Waals surface area contributed by atoms with Crippen LogP contribution in [0.3, 0.4) is 0 Å². The van der Waals surface area contributed by atoms with E-state index < -0.39 is 0 Å². The molecule has 0 aliphatic heterocycles. The zero-order valence-electron chi connectivity index (χ0n) is 15.7. The van der Waals surface area contributed by atoms with Gasteiger partial charge in [-0.05, 0) is 41.0 Å². The fourth-order valence-corrected chi connectivity index (χ4v) is 2.97. The van der Waals surface area contributed by atoms with E-state index in [9.17, 15) is 0 Å². The van der Waals surface area contributed by atoms with Crippen LogP contribution in [-0.4, -0.2) is 24.5 Å². The smallest absolute Gasteiger partial charge is 0.191 e. The molecule has 0 spiro atoms. The highest BCUT2D eigenvalue weighted by molar-refractivity contribution is 14.0. The molecule has 2 aromatic carbocycles. The van der Waals surface area contributed by atoms with Crippen molar-refractivity contribution in [3.63, 3.8) is 0 Å². The molecule has 6 heteroatoms. The van der Waals surface area contributed by atoms with Crippen LogP contribution in [0.25, 0.3) is 11.1 Å². The number of benzene rings is 2. The molecule has 4 nitrogen and oxygen atoms in total. The van der Waals surface area contributed by atoms with Crippen molar-refractivity contribution in [3.8, 4) is 11.1 Å². The Hall–Kier alpha value is -2.12. The Kier molecular flexibility index (Phi) is 9.23. The van der Waals surface area contributed by atoms with Gasteiger partial charge in [0.15, 0.2) is 5.96 Å². The van der Waals surface area contributed by atoms with Crippen molar-refractivity contribution in [2.45, 2.75) is 13.0 Å². The summed E-state index contributed by atoms with van der Waals surface area (Å²) in [6.07, 6.45) is 2.67. The third-order valence-corrected chi connectivity index (χ3v) is 4.49. The van der Waals surface area contributed by atoms with Crippen molar-refractivity contribution in [1.29, 1.82) is 0 Å². The van der Waals surface area contributed by atoms with E-state index in [1.54, 1.807) is 7.05 Å². The molecule has 0 bridgehead atoms. The molecule has 28 heavy (non-hydrogen) atoms. The molecule has 0 radical (unpaired) electrons. The number of guanidine groups is 1. The van der Waals surface area contributed by atoms with Crippen molar-refractivity contribution < 1.29 is 0 Å². The predicted molar refractivity (Wildman–Crippen MR) is 128 cm³/mol. The molecule has 1 aromatic heterocycles. The lowest BCUT2D eigenvalue weighted by atomic mass is 10.00. The van der Waals surface area contributed by atoms with E-state index in [4.69, 9.17) is 11.6 Å². The molecule has 0 fully saturated rings. The number of aliphatic imine (C=N–C) groups is 1. The summed E-state index contributed by atoms with van der Waals surface area (Å²) in [6, 6.07) is 22.2. The van der Waals surface area contributed by atoms with Crippen LogP contribution in [0.2, 0.25) is 5.02 Å². The van der Waals surface area contributed by atoms with Crippen molar-refractivity contribution in [2.24, 2.45) is 4.99 Å². The maximum Gasteiger partial charge on any atom is 0.191 e. The Morgan fingerprint density at radius 3 is 2.43 bits per heavy atom. The minimum atomic E-state index is 0. The van der Waals surface area contributed by atoms with Crippen LogP contribution < -0.4 is 10.6 Å². The molecule has 0 atom stereocenters. The fraction of sp³-hybridized carbons (Fsp3) is 0.182. The second kappa shape index (κ2) is 11.7. The van der Waals surface area contributed by atoms with E-state index in [-0.39, 0.29) is 24.0 Å².